The van der Waals surface area contributed by atoms with E-state index in [0.717, 1.165) is 23.2 Å². The zero-order valence-corrected chi connectivity index (χ0v) is 15.2. The third-order valence-corrected chi connectivity index (χ3v) is 3.96. The van der Waals surface area contributed by atoms with Gasteiger partial charge in [-0.1, -0.05) is 31.2 Å². The van der Waals surface area contributed by atoms with Gasteiger partial charge in [-0.15, -0.1) is 0 Å². The molecule has 6 heteroatoms. The van der Waals surface area contributed by atoms with Crippen molar-refractivity contribution in [1.82, 2.24) is 5.32 Å². The maximum atomic E-state index is 12.4. The first-order valence-corrected chi connectivity index (χ1v) is 8.26. The van der Waals surface area contributed by atoms with Crippen molar-refractivity contribution in [2.75, 3.05) is 12.4 Å². The van der Waals surface area contributed by atoms with Crippen LogP contribution in [0.15, 0.2) is 42.5 Å². The van der Waals surface area contributed by atoms with E-state index in [1.165, 1.54) is 13.2 Å². The number of hydrogen-bond donors (Lipinski definition) is 2. The van der Waals surface area contributed by atoms with Gasteiger partial charge < -0.3 is 10.1 Å². The summed E-state index contributed by atoms with van der Waals surface area (Å²) in [6.45, 7) is 4.03. The predicted molar refractivity (Wildman–Crippen MR) is 102 cm³/mol. The number of esters is 1. The molecule has 2 aromatic rings. The molecule has 1 amide bonds. The lowest BCUT2D eigenvalue weighted by atomic mass is 10.1. The molecule has 0 aliphatic rings. The van der Waals surface area contributed by atoms with Gasteiger partial charge >= 0.3 is 5.97 Å². The van der Waals surface area contributed by atoms with Gasteiger partial charge in [0, 0.05) is 11.3 Å². The van der Waals surface area contributed by atoms with Gasteiger partial charge in [-0.05, 0) is 54.9 Å². The van der Waals surface area contributed by atoms with E-state index in [1.807, 2.05) is 25.1 Å². The van der Waals surface area contributed by atoms with Crippen molar-refractivity contribution in [2.45, 2.75) is 20.3 Å². The van der Waals surface area contributed by atoms with Crippen molar-refractivity contribution in [3.8, 4) is 0 Å². The summed E-state index contributed by atoms with van der Waals surface area (Å²) >= 11 is 5.25. The number of rotatable bonds is 4. The number of benzene rings is 2. The SMILES string of the molecule is CCc1cccc(C)c1NC(=S)NC(=O)c1cccc(C(=O)OC)c1. The fourth-order valence-electron chi connectivity index (χ4n) is 2.43. The number of hydrogen-bond acceptors (Lipinski definition) is 4. The summed E-state index contributed by atoms with van der Waals surface area (Å²) in [4.78, 5) is 23.9. The molecule has 0 spiro atoms. The van der Waals surface area contributed by atoms with Crippen molar-refractivity contribution in [3.63, 3.8) is 0 Å². The van der Waals surface area contributed by atoms with Crippen LogP contribution in [0.2, 0.25) is 0 Å². The van der Waals surface area contributed by atoms with Gasteiger partial charge in [0.2, 0.25) is 0 Å². The lowest BCUT2D eigenvalue weighted by molar-refractivity contribution is 0.0600. The van der Waals surface area contributed by atoms with Crippen LogP contribution in [0.5, 0.6) is 0 Å². The molecular weight excluding hydrogens is 336 g/mol. The molecular formula is C19H20N2O3S. The Bertz CT molecular complexity index is 818. The summed E-state index contributed by atoms with van der Waals surface area (Å²) in [5, 5.41) is 5.93. The number of aryl methyl sites for hydroxylation is 2. The molecule has 25 heavy (non-hydrogen) atoms. The molecule has 0 heterocycles. The van der Waals surface area contributed by atoms with Gasteiger partial charge in [0.25, 0.3) is 5.91 Å². The number of thiocarbonyl (C=S) groups is 1. The third-order valence-electron chi connectivity index (χ3n) is 3.75. The zero-order valence-electron chi connectivity index (χ0n) is 14.4. The molecule has 0 atom stereocenters. The molecule has 5 nitrogen and oxygen atoms in total. The van der Waals surface area contributed by atoms with Crippen LogP contribution in [0.25, 0.3) is 0 Å². The second-order valence-corrected chi connectivity index (χ2v) is 5.85. The van der Waals surface area contributed by atoms with Gasteiger partial charge in [0.1, 0.15) is 0 Å². The normalized spacial score (nSPS) is 10.0. The number of amides is 1. The molecule has 0 saturated carbocycles. The Hall–Kier alpha value is -2.73. The van der Waals surface area contributed by atoms with Gasteiger partial charge in [-0.3, -0.25) is 10.1 Å². The van der Waals surface area contributed by atoms with Crippen LogP contribution in [-0.4, -0.2) is 24.1 Å². The van der Waals surface area contributed by atoms with Crippen LogP contribution in [-0.2, 0) is 11.2 Å². The van der Waals surface area contributed by atoms with E-state index < -0.39 is 11.9 Å². The molecule has 0 fully saturated rings. The molecule has 0 radical (unpaired) electrons. The van der Waals surface area contributed by atoms with Gasteiger partial charge in [0.05, 0.1) is 12.7 Å². The highest BCUT2D eigenvalue weighted by Crippen LogP contribution is 2.21. The maximum absolute atomic E-state index is 12.4. The monoisotopic (exact) mass is 356 g/mol. The minimum absolute atomic E-state index is 0.206. The van der Waals surface area contributed by atoms with Crippen LogP contribution in [0, 0.1) is 6.92 Å². The molecule has 0 aliphatic heterocycles. The number of methoxy groups -OCH3 is 1. The van der Waals surface area contributed by atoms with Crippen LogP contribution >= 0.6 is 12.2 Å². The summed E-state index contributed by atoms with van der Waals surface area (Å²) in [7, 11) is 1.29. The second kappa shape index (κ2) is 8.39. The average molecular weight is 356 g/mol. The molecule has 0 aromatic heterocycles. The first-order valence-electron chi connectivity index (χ1n) is 7.85. The molecule has 0 aliphatic carbocycles. The van der Waals surface area contributed by atoms with Crippen molar-refractivity contribution in [2.24, 2.45) is 0 Å². The smallest absolute Gasteiger partial charge is 0.337 e. The van der Waals surface area contributed by atoms with E-state index in [-0.39, 0.29) is 5.11 Å². The average Bonchev–Trinajstić information content (AvgIpc) is 2.62. The number of para-hydroxylation sites is 1. The largest absolute Gasteiger partial charge is 0.465 e. The summed E-state index contributed by atoms with van der Waals surface area (Å²) in [6, 6.07) is 12.3. The first kappa shape index (κ1) is 18.6. The zero-order chi connectivity index (χ0) is 18.4. The van der Waals surface area contributed by atoms with Crippen molar-refractivity contribution >= 4 is 34.9 Å². The fourth-order valence-corrected chi connectivity index (χ4v) is 2.62. The van der Waals surface area contributed by atoms with Crippen LogP contribution in [0.4, 0.5) is 5.69 Å². The van der Waals surface area contributed by atoms with E-state index in [1.54, 1.807) is 18.2 Å². The summed E-state index contributed by atoms with van der Waals surface area (Å²) < 4.78 is 4.66. The minimum Gasteiger partial charge on any atom is -0.465 e. The summed E-state index contributed by atoms with van der Waals surface area (Å²) in [5.41, 5.74) is 3.69. The lowest BCUT2D eigenvalue weighted by Gasteiger charge is -2.15. The number of carbonyl (C=O) groups excluding carboxylic acids is 2. The number of ether oxygens (including phenoxy) is 1. The quantitative estimate of drug-likeness (QED) is 0.649. The lowest BCUT2D eigenvalue weighted by Crippen LogP contribution is -2.34. The van der Waals surface area contributed by atoms with Crippen LogP contribution in [0.1, 0.15) is 38.8 Å². The Morgan fingerprint density at radius 1 is 1.12 bits per heavy atom. The van der Waals surface area contributed by atoms with E-state index in [9.17, 15) is 9.59 Å². The minimum atomic E-state index is -0.497. The van der Waals surface area contributed by atoms with Gasteiger partial charge in [-0.2, -0.15) is 0 Å². The van der Waals surface area contributed by atoms with E-state index >= 15 is 0 Å². The fraction of sp³-hybridized carbons (Fsp3) is 0.211. The van der Waals surface area contributed by atoms with Crippen LogP contribution < -0.4 is 10.6 Å². The molecule has 0 saturated heterocycles. The number of carbonyl (C=O) groups is 2. The number of anilines is 1. The standard InChI is InChI=1S/C19H20N2O3S/c1-4-13-8-5-7-12(2)16(13)20-19(25)21-17(22)14-9-6-10-15(11-14)18(23)24-3/h5-11H,4H2,1-3H3,(H2,20,21,22,25). The third kappa shape index (κ3) is 4.64. The molecule has 130 valence electrons. The Balaban J connectivity index is 2.11. The topological polar surface area (TPSA) is 67.4 Å². The van der Waals surface area contributed by atoms with E-state index in [0.29, 0.717) is 11.1 Å². The van der Waals surface area contributed by atoms with Crippen LogP contribution in [0.3, 0.4) is 0 Å². The number of nitrogens with one attached hydrogen (secondary N) is 2. The molecule has 2 aromatic carbocycles. The summed E-state index contributed by atoms with van der Waals surface area (Å²) in [6.07, 6.45) is 0.849. The molecule has 2 N–H and O–H groups in total. The van der Waals surface area contributed by atoms with Crippen molar-refractivity contribution in [3.05, 3.63) is 64.7 Å². The Morgan fingerprint density at radius 2 is 1.80 bits per heavy atom. The van der Waals surface area contributed by atoms with Gasteiger partial charge in [-0.25, -0.2) is 4.79 Å². The molecule has 0 unspecified atom stereocenters. The Labute approximate surface area is 152 Å². The summed E-state index contributed by atoms with van der Waals surface area (Å²) in [5.74, 6) is -0.891. The first-order chi connectivity index (χ1) is 12.0. The molecule has 0 bridgehead atoms. The maximum Gasteiger partial charge on any atom is 0.337 e. The van der Waals surface area contributed by atoms with E-state index in [2.05, 4.69) is 22.3 Å². The molecule has 2 rings (SSSR count). The highest BCUT2D eigenvalue weighted by atomic mass is 32.1. The second-order valence-electron chi connectivity index (χ2n) is 5.44. The highest BCUT2D eigenvalue weighted by molar-refractivity contribution is 7.80. The Kier molecular flexibility index (Phi) is 6.25. The highest BCUT2D eigenvalue weighted by Gasteiger charge is 2.13. The van der Waals surface area contributed by atoms with Gasteiger partial charge in [0.15, 0.2) is 5.11 Å². The van der Waals surface area contributed by atoms with Crippen molar-refractivity contribution < 1.29 is 14.3 Å². The van der Waals surface area contributed by atoms with Crippen molar-refractivity contribution in [1.29, 1.82) is 0 Å². The Morgan fingerprint density at radius 3 is 2.48 bits per heavy atom. The van der Waals surface area contributed by atoms with E-state index in [4.69, 9.17) is 12.2 Å². The predicted octanol–water partition coefficient (Wildman–Crippen LogP) is 3.47.